The molecule has 3 aliphatic rings. The van der Waals surface area contributed by atoms with Gasteiger partial charge in [-0.2, -0.15) is 21.3 Å². The van der Waals surface area contributed by atoms with E-state index in [0.29, 0.717) is 52.1 Å². The van der Waals surface area contributed by atoms with Crippen LogP contribution in [0.15, 0.2) is 0 Å². The Morgan fingerprint density at radius 3 is 2.14 bits per heavy atom. The van der Waals surface area contributed by atoms with Gasteiger partial charge in [-0.3, -0.25) is 4.79 Å². The van der Waals surface area contributed by atoms with Crippen LogP contribution in [-0.2, 0) is 29.8 Å². The molecule has 0 aliphatic carbocycles. The number of carbonyl (C=O) groups is 1. The van der Waals surface area contributed by atoms with Crippen LogP contribution in [0.1, 0.15) is 26.2 Å². The van der Waals surface area contributed by atoms with Gasteiger partial charge in [0.05, 0.1) is 19.0 Å². The van der Waals surface area contributed by atoms with E-state index in [-0.39, 0.29) is 37.8 Å². The molecule has 0 aromatic heterocycles. The van der Waals surface area contributed by atoms with Gasteiger partial charge in [0.25, 0.3) is 10.2 Å². The largest absolute Gasteiger partial charge is 0.379 e. The number of nitrogens with zero attached hydrogens (tertiary/aromatic N) is 4. The second-order valence-electron chi connectivity index (χ2n) is 7.33. The van der Waals surface area contributed by atoms with Crippen LogP contribution in [0.5, 0.6) is 0 Å². The summed E-state index contributed by atoms with van der Waals surface area (Å²) in [5, 5.41) is 0. The van der Waals surface area contributed by atoms with Crippen LogP contribution in [0.25, 0.3) is 0 Å². The molecule has 162 valence electrons. The van der Waals surface area contributed by atoms with Crippen molar-refractivity contribution < 1.29 is 26.4 Å². The van der Waals surface area contributed by atoms with Crippen molar-refractivity contribution in [3.8, 4) is 0 Å². The molecular weight excluding hydrogens is 408 g/mol. The number of hydrogen-bond acceptors (Lipinski definition) is 6. The number of piperazine rings is 1. The van der Waals surface area contributed by atoms with Gasteiger partial charge in [0.15, 0.2) is 0 Å². The molecule has 12 heteroatoms. The van der Waals surface area contributed by atoms with Crippen molar-refractivity contribution >= 4 is 26.1 Å². The molecule has 28 heavy (non-hydrogen) atoms. The number of hydrogen-bond donors (Lipinski definition) is 0. The summed E-state index contributed by atoms with van der Waals surface area (Å²) >= 11 is 0. The maximum absolute atomic E-state index is 12.9. The Hall–Kier alpha value is -0.790. The van der Waals surface area contributed by atoms with Gasteiger partial charge in [0, 0.05) is 45.8 Å². The second-order valence-corrected chi connectivity index (χ2v) is 11.3. The topological polar surface area (TPSA) is 108 Å². The molecular formula is C16H30N4O6S2. The van der Waals surface area contributed by atoms with Crippen LogP contribution in [0, 0.1) is 0 Å². The van der Waals surface area contributed by atoms with Gasteiger partial charge in [0.1, 0.15) is 6.04 Å². The molecule has 0 saturated carbocycles. The molecule has 3 fully saturated rings. The van der Waals surface area contributed by atoms with Crippen molar-refractivity contribution in [2.45, 2.75) is 32.2 Å². The second kappa shape index (κ2) is 8.92. The van der Waals surface area contributed by atoms with E-state index < -0.39 is 26.3 Å². The lowest BCUT2D eigenvalue weighted by Crippen LogP contribution is -2.58. The molecule has 0 aromatic rings. The van der Waals surface area contributed by atoms with Crippen molar-refractivity contribution in [2.24, 2.45) is 0 Å². The predicted molar refractivity (Wildman–Crippen MR) is 103 cm³/mol. The molecule has 1 unspecified atom stereocenters. The Morgan fingerprint density at radius 2 is 1.54 bits per heavy atom. The van der Waals surface area contributed by atoms with Crippen molar-refractivity contribution in [2.75, 3.05) is 64.8 Å². The van der Waals surface area contributed by atoms with Crippen molar-refractivity contribution in [3.05, 3.63) is 0 Å². The molecule has 0 N–H and O–H groups in total. The van der Waals surface area contributed by atoms with Crippen LogP contribution >= 0.6 is 0 Å². The summed E-state index contributed by atoms with van der Waals surface area (Å²) in [5.74, 6) is -0.164. The highest BCUT2D eigenvalue weighted by Gasteiger charge is 2.41. The fourth-order valence-corrected chi connectivity index (χ4v) is 7.29. The van der Waals surface area contributed by atoms with Crippen LogP contribution in [-0.4, -0.2) is 111 Å². The first kappa shape index (κ1) is 21.9. The minimum absolute atomic E-state index is 0.0440. The summed E-state index contributed by atoms with van der Waals surface area (Å²) in [6.07, 6.45) is 1.70. The first-order valence-corrected chi connectivity index (χ1v) is 12.9. The highest BCUT2D eigenvalue weighted by atomic mass is 32.2. The minimum atomic E-state index is -3.55. The molecule has 3 heterocycles. The van der Waals surface area contributed by atoms with Crippen LogP contribution in [0.3, 0.4) is 0 Å². The fraction of sp³-hybridized carbons (Fsp3) is 0.938. The lowest BCUT2D eigenvalue weighted by atomic mass is 10.2. The number of rotatable bonds is 6. The van der Waals surface area contributed by atoms with Gasteiger partial charge in [-0.1, -0.05) is 6.92 Å². The summed E-state index contributed by atoms with van der Waals surface area (Å²) in [6.45, 7) is 4.65. The van der Waals surface area contributed by atoms with Crippen molar-refractivity contribution in [1.29, 1.82) is 0 Å². The Morgan fingerprint density at radius 1 is 0.929 bits per heavy atom. The summed E-state index contributed by atoms with van der Waals surface area (Å²) in [4.78, 5) is 14.6. The molecule has 3 saturated heterocycles. The Balaban J connectivity index is 1.60. The van der Waals surface area contributed by atoms with E-state index in [1.165, 1.54) is 12.9 Å². The van der Waals surface area contributed by atoms with E-state index in [4.69, 9.17) is 4.74 Å². The zero-order valence-corrected chi connectivity index (χ0v) is 18.0. The Labute approximate surface area is 167 Å². The van der Waals surface area contributed by atoms with E-state index >= 15 is 0 Å². The summed E-state index contributed by atoms with van der Waals surface area (Å²) < 4.78 is 59.7. The minimum Gasteiger partial charge on any atom is -0.379 e. The van der Waals surface area contributed by atoms with Gasteiger partial charge >= 0.3 is 0 Å². The lowest BCUT2D eigenvalue weighted by molar-refractivity contribution is -0.135. The highest BCUT2D eigenvalue weighted by molar-refractivity contribution is 7.89. The number of ether oxygens (including phenoxy) is 1. The first-order chi connectivity index (χ1) is 13.3. The van der Waals surface area contributed by atoms with Gasteiger partial charge in [-0.15, -0.1) is 0 Å². The quantitative estimate of drug-likeness (QED) is 0.522. The Bertz CT molecular complexity index is 758. The number of amides is 1. The standard InChI is InChI=1S/C16H30N4O6S2/c1-2-14-27(22,23)20-5-3-4-15(20)16(21)17-6-8-18(9-7-17)28(24,25)19-10-12-26-13-11-19/h15H,2-14H2,1H3. The normalized spacial score (nSPS) is 26.6. The number of carbonyl (C=O) groups excluding carboxylic acids is 1. The molecule has 3 aliphatic heterocycles. The number of sulfonamides is 1. The maximum atomic E-state index is 12.9. The average molecular weight is 439 g/mol. The van der Waals surface area contributed by atoms with Crippen molar-refractivity contribution in [1.82, 2.24) is 17.8 Å². The molecule has 0 spiro atoms. The fourth-order valence-electron chi connectivity index (χ4n) is 3.99. The number of morpholine rings is 1. The SMILES string of the molecule is CCCS(=O)(=O)N1CCCC1C(=O)N1CCN(S(=O)(=O)N2CCOCC2)CC1. The molecule has 1 atom stereocenters. The summed E-state index contributed by atoms with van der Waals surface area (Å²) in [5.41, 5.74) is 0. The van der Waals surface area contributed by atoms with Crippen molar-refractivity contribution in [3.63, 3.8) is 0 Å². The van der Waals surface area contributed by atoms with E-state index in [9.17, 15) is 21.6 Å². The van der Waals surface area contributed by atoms with Crippen LogP contribution in [0.2, 0.25) is 0 Å². The monoisotopic (exact) mass is 438 g/mol. The molecule has 10 nitrogen and oxygen atoms in total. The molecule has 0 radical (unpaired) electrons. The average Bonchev–Trinajstić information content (AvgIpc) is 3.19. The van der Waals surface area contributed by atoms with Gasteiger partial charge < -0.3 is 9.64 Å². The highest BCUT2D eigenvalue weighted by Crippen LogP contribution is 2.24. The van der Waals surface area contributed by atoms with E-state index in [1.54, 1.807) is 11.8 Å². The molecule has 1 amide bonds. The maximum Gasteiger partial charge on any atom is 0.282 e. The summed E-state index contributed by atoms with van der Waals surface area (Å²) in [6, 6.07) is -0.654. The van der Waals surface area contributed by atoms with E-state index in [2.05, 4.69) is 0 Å². The first-order valence-electron chi connectivity index (χ1n) is 9.88. The Kier molecular flexibility index (Phi) is 6.98. The predicted octanol–water partition coefficient (Wildman–Crippen LogP) is -1.09. The molecule has 3 rings (SSSR count). The lowest BCUT2D eigenvalue weighted by Gasteiger charge is -2.39. The zero-order chi connectivity index (χ0) is 20.4. The van der Waals surface area contributed by atoms with Gasteiger partial charge in [-0.05, 0) is 19.3 Å². The third-order valence-corrected chi connectivity index (χ3v) is 9.59. The van der Waals surface area contributed by atoms with Gasteiger partial charge in [-0.25, -0.2) is 8.42 Å². The van der Waals surface area contributed by atoms with E-state index in [1.807, 2.05) is 0 Å². The van der Waals surface area contributed by atoms with E-state index in [0.717, 1.165) is 0 Å². The van der Waals surface area contributed by atoms with Crippen LogP contribution < -0.4 is 0 Å². The zero-order valence-electron chi connectivity index (χ0n) is 16.3. The molecule has 0 aromatic carbocycles. The molecule has 0 bridgehead atoms. The smallest absolute Gasteiger partial charge is 0.282 e. The third-order valence-electron chi connectivity index (χ3n) is 5.48. The summed E-state index contributed by atoms with van der Waals surface area (Å²) in [7, 11) is -6.98. The van der Waals surface area contributed by atoms with Crippen LogP contribution in [0.4, 0.5) is 0 Å². The third kappa shape index (κ3) is 4.51. The van der Waals surface area contributed by atoms with Gasteiger partial charge in [0.2, 0.25) is 15.9 Å².